The lowest BCUT2D eigenvalue weighted by Gasteiger charge is -2.00. The average Bonchev–Trinajstić information content (AvgIpc) is 2.48. The summed E-state index contributed by atoms with van der Waals surface area (Å²) in [7, 11) is 0. The summed E-state index contributed by atoms with van der Waals surface area (Å²) in [5.41, 5.74) is 0.991. The van der Waals surface area contributed by atoms with Crippen LogP contribution in [0.25, 0.3) is 0 Å². The van der Waals surface area contributed by atoms with Gasteiger partial charge >= 0.3 is 5.97 Å². The van der Waals surface area contributed by atoms with E-state index >= 15 is 0 Å². The van der Waals surface area contributed by atoms with E-state index in [1.807, 2.05) is 0 Å². The smallest absolute Gasteiger partial charge is 0.356 e. The molecule has 0 saturated heterocycles. The molecule has 0 saturated carbocycles. The van der Waals surface area contributed by atoms with Gasteiger partial charge in [0.25, 0.3) is 0 Å². The number of nitrogens with zero attached hydrogens (tertiary/aromatic N) is 1. The molecule has 0 bridgehead atoms. The Morgan fingerprint density at radius 3 is 2.85 bits per heavy atom. The summed E-state index contributed by atoms with van der Waals surface area (Å²) in [5, 5.41) is 15.0. The molecule has 4 nitrogen and oxygen atoms in total. The summed E-state index contributed by atoms with van der Waals surface area (Å²) in [5.74, 6) is -0.358. The number of hydrogen-bond acceptors (Lipinski definition) is 2. The number of carboxylic acids is 1. The summed E-state index contributed by atoms with van der Waals surface area (Å²) in [6, 6.07) is 1.59. The first kappa shape index (κ1) is 9.77. The normalized spacial score (nSPS) is 10.7. The Hall–Kier alpha value is -1.32. The predicted molar refractivity (Wildman–Crippen MR) is 48.7 cm³/mol. The summed E-state index contributed by atoms with van der Waals surface area (Å²) in [6.45, 7) is 4.27. The molecular weight excluding hydrogens is 168 g/mol. The fraction of sp³-hybridized carbons (Fsp3) is 0.556. The van der Waals surface area contributed by atoms with Crippen molar-refractivity contribution in [3.63, 3.8) is 0 Å². The molecule has 2 N–H and O–H groups in total. The molecular formula is C9H14N2O2. The van der Waals surface area contributed by atoms with Gasteiger partial charge in [0.2, 0.25) is 0 Å². The average molecular weight is 182 g/mol. The van der Waals surface area contributed by atoms with E-state index in [-0.39, 0.29) is 5.69 Å². The van der Waals surface area contributed by atoms with E-state index in [9.17, 15) is 4.79 Å². The highest BCUT2D eigenvalue weighted by atomic mass is 16.4. The number of aromatic nitrogens is 2. The molecule has 1 aromatic heterocycles. The Morgan fingerprint density at radius 1 is 1.69 bits per heavy atom. The summed E-state index contributed by atoms with van der Waals surface area (Å²) >= 11 is 0. The van der Waals surface area contributed by atoms with Crippen LogP contribution in [0, 0.1) is 5.92 Å². The molecule has 4 heteroatoms. The molecule has 13 heavy (non-hydrogen) atoms. The molecule has 1 rings (SSSR count). The number of carbonyl (C=O) groups is 1. The van der Waals surface area contributed by atoms with Gasteiger partial charge in [0.05, 0.1) is 0 Å². The van der Waals surface area contributed by atoms with E-state index in [2.05, 4.69) is 24.0 Å². The summed E-state index contributed by atoms with van der Waals surface area (Å²) < 4.78 is 0. The van der Waals surface area contributed by atoms with Crippen molar-refractivity contribution in [2.75, 3.05) is 0 Å². The Kier molecular flexibility index (Phi) is 3.06. The van der Waals surface area contributed by atoms with Crippen molar-refractivity contribution in [3.8, 4) is 0 Å². The molecule has 0 spiro atoms. The van der Waals surface area contributed by atoms with Gasteiger partial charge in [0.15, 0.2) is 5.69 Å². The van der Waals surface area contributed by atoms with Gasteiger partial charge < -0.3 is 5.11 Å². The van der Waals surface area contributed by atoms with Crippen LogP contribution in [-0.4, -0.2) is 21.3 Å². The fourth-order valence-corrected chi connectivity index (χ4v) is 1.04. The van der Waals surface area contributed by atoms with E-state index in [0.29, 0.717) is 5.92 Å². The number of carboxylic acid groups (broad SMARTS) is 1. The quantitative estimate of drug-likeness (QED) is 0.744. The van der Waals surface area contributed by atoms with Crippen LogP contribution in [0.4, 0.5) is 0 Å². The van der Waals surface area contributed by atoms with Crippen LogP contribution < -0.4 is 0 Å². The van der Waals surface area contributed by atoms with Gasteiger partial charge in [0.1, 0.15) is 0 Å². The number of aromatic carboxylic acids is 1. The third-order valence-electron chi connectivity index (χ3n) is 1.84. The van der Waals surface area contributed by atoms with Gasteiger partial charge in [-0.15, -0.1) is 0 Å². The minimum absolute atomic E-state index is 0.0961. The largest absolute Gasteiger partial charge is 0.476 e. The molecule has 0 atom stereocenters. The second-order valence-corrected chi connectivity index (χ2v) is 3.52. The third kappa shape index (κ3) is 2.89. The van der Waals surface area contributed by atoms with Crippen molar-refractivity contribution in [1.29, 1.82) is 0 Å². The molecule has 1 aromatic rings. The van der Waals surface area contributed by atoms with E-state index < -0.39 is 5.97 Å². The Morgan fingerprint density at radius 2 is 2.38 bits per heavy atom. The molecule has 0 fully saturated rings. The highest BCUT2D eigenvalue weighted by Gasteiger charge is 2.07. The first-order chi connectivity index (χ1) is 6.09. The number of aromatic amines is 1. The SMILES string of the molecule is CC(C)CCc1cc(C(=O)O)n[nH]1. The standard InChI is InChI=1S/C9H14N2O2/c1-6(2)3-4-7-5-8(9(12)13)11-10-7/h5-6H,3-4H2,1-2H3,(H,10,11)(H,12,13). The molecule has 1 heterocycles. The second kappa shape index (κ2) is 4.07. The van der Waals surface area contributed by atoms with Crippen molar-refractivity contribution in [2.45, 2.75) is 26.7 Å². The van der Waals surface area contributed by atoms with Crippen LogP contribution in [0.15, 0.2) is 6.07 Å². The number of H-pyrrole nitrogens is 1. The first-order valence-electron chi connectivity index (χ1n) is 4.37. The van der Waals surface area contributed by atoms with E-state index in [1.54, 1.807) is 6.07 Å². The van der Waals surface area contributed by atoms with Crippen LogP contribution in [0.3, 0.4) is 0 Å². The maximum absolute atomic E-state index is 10.5. The van der Waals surface area contributed by atoms with Gasteiger partial charge in [-0.05, 0) is 24.8 Å². The Balaban J connectivity index is 2.54. The number of aryl methyl sites for hydroxylation is 1. The molecule has 72 valence electrons. The van der Waals surface area contributed by atoms with Crippen LogP contribution in [-0.2, 0) is 6.42 Å². The molecule has 0 aliphatic carbocycles. The van der Waals surface area contributed by atoms with Gasteiger partial charge in [-0.3, -0.25) is 5.10 Å². The van der Waals surface area contributed by atoms with Crippen molar-refractivity contribution >= 4 is 5.97 Å². The monoisotopic (exact) mass is 182 g/mol. The Bertz CT molecular complexity index is 292. The zero-order valence-electron chi connectivity index (χ0n) is 7.87. The van der Waals surface area contributed by atoms with E-state index in [1.165, 1.54) is 0 Å². The van der Waals surface area contributed by atoms with Crippen molar-refractivity contribution < 1.29 is 9.90 Å². The lowest BCUT2D eigenvalue weighted by atomic mass is 10.1. The molecule has 0 amide bonds. The zero-order valence-corrected chi connectivity index (χ0v) is 7.87. The topological polar surface area (TPSA) is 66.0 Å². The minimum Gasteiger partial charge on any atom is -0.476 e. The van der Waals surface area contributed by atoms with Gasteiger partial charge in [-0.1, -0.05) is 13.8 Å². The van der Waals surface area contributed by atoms with Crippen LogP contribution >= 0.6 is 0 Å². The van der Waals surface area contributed by atoms with Crippen molar-refractivity contribution in [2.24, 2.45) is 5.92 Å². The number of hydrogen-bond donors (Lipinski definition) is 2. The molecule has 0 aliphatic rings. The van der Waals surface area contributed by atoms with Crippen molar-refractivity contribution in [3.05, 3.63) is 17.5 Å². The number of rotatable bonds is 4. The fourth-order valence-electron chi connectivity index (χ4n) is 1.04. The highest BCUT2D eigenvalue weighted by molar-refractivity contribution is 5.85. The van der Waals surface area contributed by atoms with Gasteiger partial charge in [-0.2, -0.15) is 5.10 Å². The molecule has 0 aliphatic heterocycles. The minimum atomic E-state index is -0.980. The predicted octanol–water partition coefficient (Wildman–Crippen LogP) is 1.70. The van der Waals surface area contributed by atoms with E-state index in [0.717, 1.165) is 18.5 Å². The zero-order chi connectivity index (χ0) is 9.84. The van der Waals surface area contributed by atoms with Gasteiger partial charge in [-0.25, -0.2) is 4.79 Å². The molecule has 0 aromatic carbocycles. The van der Waals surface area contributed by atoms with E-state index in [4.69, 9.17) is 5.11 Å². The lowest BCUT2D eigenvalue weighted by molar-refractivity contribution is 0.0690. The Labute approximate surface area is 77.0 Å². The molecule has 0 unspecified atom stereocenters. The van der Waals surface area contributed by atoms with Crippen LogP contribution in [0.2, 0.25) is 0 Å². The van der Waals surface area contributed by atoms with Gasteiger partial charge in [0, 0.05) is 5.69 Å². The van der Waals surface area contributed by atoms with Crippen LogP contribution in [0.1, 0.15) is 36.5 Å². The maximum atomic E-state index is 10.5. The third-order valence-corrected chi connectivity index (χ3v) is 1.84. The van der Waals surface area contributed by atoms with Crippen LogP contribution in [0.5, 0.6) is 0 Å². The maximum Gasteiger partial charge on any atom is 0.356 e. The second-order valence-electron chi connectivity index (χ2n) is 3.52. The van der Waals surface area contributed by atoms with Crippen molar-refractivity contribution in [1.82, 2.24) is 10.2 Å². The first-order valence-corrected chi connectivity index (χ1v) is 4.37. The number of nitrogens with one attached hydrogen (secondary N) is 1. The lowest BCUT2D eigenvalue weighted by Crippen LogP contribution is -1.95. The highest BCUT2D eigenvalue weighted by Crippen LogP contribution is 2.07. The summed E-state index contributed by atoms with van der Waals surface area (Å²) in [4.78, 5) is 10.5. The molecule has 0 radical (unpaired) electrons. The summed E-state index contributed by atoms with van der Waals surface area (Å²) in [6.07, 6.45) is 1.90.